The average Bonchev–Trinajstić information content (AvgIpc) is 4.12. The van der Waals surface area contributed by atoms with Gasteiger partial charge in [-0.05, 0) is 158 Å². The number of aromatic amines is 1. The molecule has 11 rings (SSSR count). The predicted octanol–water partition coefficient (Wildman–Crippen LogP) is 13.4. The molecule has 0 amide bonds. The van der Waals surface area contributed by atoms with Crippen molar-refractivity contribution in [1.29, 1.82) is 0 Å². The van der Waals surface area contributed by atoms with Gasteiger partial charge in [-0.3, -0.25) is 29.9 Å². The molecular weight excluding hydrogens is 987 g/mol. The summed E-state index contributed by atoms with van der Waals surface area (Å²) in [6.07, 6.45) is 10.9. The minimum absolute atomic E-state index is 0. The maximum absolute atomic E-state index is 5.01. The number of pyridine rings is 6. The van der Waals surface area contributed by atoms with E-state index < -0.39 is 0 Å². The molecule has 0 radical (unpaired) electrons. The Bertz CT molecular complexity index is 3000. The van der Waals surface area contributed by atoms with Crippen LogP contribution < -0.4 is 0 Å². The van der Waals surface area contributed by atoms with Gasteiger partial charge in [-0.1, -0.05) is 6.07 Å². The van der Waals surface area contributed by atoms with E-state index in [1.54, 1.807) is 22.7 Å². The number of aryl methyl sites for hydroxylation is 4. The van der Waals surface area contributed by atoms with Gasteiger partial charge in [-0.15, -0.1) is 34.0 Å². The Morgan fingerprint density at radius 1 is 0.410 bits per heavy atom. The molecule has 0 aliphatic carbocycles. The summed E-state index contributed by atoms with van der Waals surface area (Å²) in [5, 5.41) is 4.19. The second-order valence-electron chi connectivity index (χ2n) is 14.3. The summed E-state index contributed by atoms with van der Waals surface area (Å²) in [7, 11) is 0. The first kappa shape index (κ1) is 41.6. The van der Waals surface area contributed by atoms with E-state index in [4.69, 9.17) is 4.98 Å². The number of nitrogens with zero attached hydrogens (tertiary/aromatic N) is 7. The normalized spacial score (nSPS) is 10.8. The van der Waals surface area contributed by atoms with Crippen LogP contribution in [0.25, 0.3) is 85.8 Å². The Morgan fingerprint density at radius 2 is 0.852 bits per heavy atom. The Balaban J connectivity index is 0.000000147. The molecule has 11 aromatic rings. The molecule has 10 heterocycles. The van der Waals surface area contributed by atoms with Crippen molar-refractivity contribution in [2.75, 3.05) is 0 Å². The van der Waals surface area contributed by atoms with Gasteiger partial charge in [0.1, 0.15) is 5.82 Å². The average molecular weight is 1030 g/mol. The van der Waals surface area contributed by atoms with Gasteiger partial charge >= 0.3 is 19.8 Å². The van der Waals surface area contributed by atoms with Crippen LogP contribution in [-0.2, 0) is 19.8 Å². The first-order valence-corrected chi connectivity index (χ1v) is 21.8. The van der Waals surface area contributed by atoms with Crippen LogP contribution in [0.3, 0.4) is 0 Å². The minimum atomic E-state index is 0. The zero-order valence-corrected chi connectivity index (χ0v) is 38.6. The predicted molar refractivity (Wildman–Crippen MR) is 251 cm³/mol. The molecule has 296 valence electrons. The Labute approximate surface area is 378 Å². The number of H-pyrrole nitrogens is 1. The molecule has 10 aromatic heterocycles. The molecule has 0 fully saturated rings. The quantitative estimate of drug-likeness (QED) is 0.171. The smallest absolute Gasteiger partial charge is 0.337 e. The number of nitrogens with one attached hydrogen (secondary N) is 1. The van der Waals surface area contributed by atoms with Crippen molar-refractivity contribution < 1.29 is 19.8 Å². The summed E-state index contributed by atoms with van der Waals surface area (Å²) in [4.78, 5) is 41.2. The van der Waals surface area contributed by atoms with Crippen molar-refractivity contribution >= 4 is 66.8 Å². The molecule has 61 heavy (non-hydrogen) atoms. The molecule has 0 bridgehead atoms. The number of thiophene rings is 3. The number of aromatic nitrogens is 8. The number of imidazole rings is 1. The van der Waals surface area contributed by atoms with Crippen LogP contribution >= 0.6 is 34.0 Å². The van der Waals surface area contributed by atoms with E-state index in [0.29, 0.717) is 0 Å². The number of benzene rings is 1. The van der Waals surface area contributed by atoms with Crippen molar-refractivity contribution in [2.24, 2.45) is 0 Å². The maximum Gasteiger partial charge on any atom is 4.00 e. The standard InChI is InChI=1S/C25H14N4S3.2C12H12N2.Os/c1-4-14-21(26-11-1)22-15(5-2-12-27-22)24-23(14)28-25(29-24)20-10-9-19(32-20)18-8-7-17(31-18)16-6-3-13-30-16;2*1-9-3-5-13-11(7-9)12-8-10(2)4-6-14-12;/h1-13H,(H,28,29);2*3-8H,1-2H3;/q;;;+4. The molecule has 0 aliphatic rings. The Morgan fingerprint density at radius 3 is 1.33 bits per heavy atom. The van der Waals surface area contributed by atoms with Crippen molar-refractivity contribution in [3.63, 3.8) is 0 Å². The zero-order valence-electron chi connectivity index (χ0n) is 33.6. The number of hydrogen-bond acceptors (Lipinski definition) is 10. The zero-order chi connectivity index (χ0) is 41.0. The van der Waals surface area contributed by atoms with E-state index in [1.165, 1.54) is 41.8 Å². The molecule has 12 heteroatoms. The van der Waals surface area contributed by atoms with Gasteiger partial charge in [0.15, 0.2) is 0 Å². The van der Waals surface area contributed by atoms with Gasteiger partial charge in [0.05, 0.1) is 49.7 Å². The van der Waals surface area contributed by atoms with E-state index in [9.17, 15) is 0 Å². The third-order valence-corrected chi connectivity index (χ3v) is 13.1. The number of rotatable bonds is 5. The molecule has 1 N–H and O–H groups in total. The van der Waals surface area contributed by atoms with Gasteiger partial charge in [-0.25, -0.2) is 4.98 Å². The van der Waals surface area contributed by atoms with Crippen molar-refractivity contribution in [3.8, 4) is 53.0 Å². The van der Waals surface area contributed by atoms with Crippen molar-refractivity contribution in [3.05, 3.63) is 174 Å². The molecule has 0 spiro atoms. The fraction of sp³-hybridized carbons (Fsp3) is 0.0816. The van der Waals surface area contributed by atoms with Gasteiger partial charge in [-0.2, -0.15) is 0 Å². The maximum atomic E-state index is 5.01. The number of fused-ring (bicyclic) bond motifs is 6. The molecular formula is C49H38N8OsS3+4. The molecule has 0 atom stereocenters. The van der Waals surface area contributed by atoms with Crippen LogP contribution in [0.2, 0.25) is 0 Å². The number of hydrogen-bond donors (Lipinski definition) is 1. The van der Waals surface area contributed by atoms with Gasteiger partial charge in [0, 0.05) is 67.5 Å². The second kappa shape index (κ2) is 18.6. The SMILES string of the molecule is Cc1ccnc(-c2cc(C)ccn2)c1.Cc1ccnc(-c2cc(C)ccn2)c1.[Os+4].c1csc(-c2ccc(-c3ccc(-c4nc5c6cccnc6c6ncccc6c5[nH]4)s3)s2)c1. The van der Waals surface area contributed by atoms with Crippen LogP contribution in [0, 0.1) is 27.7 Å². The van der Waals surface area contributed by atoms with E-state index in [1.807, 2.05) is 109 Å². The first-order chi connectivity index (χ1) is 29.4. The van der Waals surface area contributed by atoms with E-state index in [-0.39, 0.29) is 19.8 Å². The third kappa shape index (κ3) is 9.29. The summed E-state index contributed by atoms with van der Waals surface area (Å²) < 4.78 is 0. The second-order valence-corrected chi connectivity index (χ2v) is 17.4. The summed E-state index contributed by atoms with van der Waals surface area (Å²) in [6, 6.07) is 37.2. The van der Waals surface area contributed by atoms with E-state index in [0.717, 1.165) is 66.3 Å². The molecule has 8 nitrogen and oxygen atoms in total. The molecule has 0 unspecified atom stereocenters. The first-order valence-electron chi connectivity index (χ1n) is 19.3. The largest absolute Gasteiger partial charge is 4.00 e. The van der Waals surface area contributed by atoms with Crippen LogP contribution in [0.15, 0.2) is 152 Å². The summed E-state index contributed by atoms with van der Waals surface area (Å²) in [5.41, 5.74) is 12.3. The van der Waals surface area contributed by atoms with Crippen LogP contribution in [0.5, 0.6) is 0 Å². The summed E-state index contributed by atoms with van der Waals surface area (Å²) in [6.45, 7) is 8.23. The summed E-state index contributed by atoms with van der Waals surface area (Å²) >= 11 is 5.38. The van der Waals surface area contributed by atoms with Crippen molar-refractivity contribution in [2.45, 2.75) is 27.7 Å². The summed E-state index contributed by atoms with van der Waals surface area (Å²) in [5.74, 6) is 0.882. The van der Waals surface area contributed by atoms with Gasteiger partial charge in [0.25, 0.3) is 0 Å². The van der Waals surface area contributed by atoms with Crippen molar-refractivity contribution in [1.82, 2.24) is 39.9 Å². The van der Waals surface area contributed by atoms with Crippen LogP contribution in [0.1, 0.15) is 22.3 Å². The monoisotopic (exact) mass is 1030 g/mol. The molecule has 0 saturated heterocycles. The molecule has 1 aromatic carbocycles. The van der Waals surface area contributed by atoms with Crippen LogP contribution in [-0.4, -0.2) is 39.9 Å². The van der Waals surface area contributed by atoms with E-state index in [2.05, 4.69) is 116 Å². The van der Waals surface area contributed by atoms with Gasteiger partial charge < -0.3 is 4.98 Å². The third-order valence-electron chi connectivity index (χ3n) is 9.71. The topological polar surface area (TPSA) is 106 Å². The molecule has 0 aliphatic heterocycles. The fourth-order valence-electron chi connectivity index (χ4n) is 6.78. The minimum Gasteiger partial charge on any atom is -0.337 e. The fourth-order valence-corrected chi connectivity index (χ4v) is 9.67. The molecule has 0 saturated carbocycles. The van der Waals surface area contributed by atoms with E-state index >= 15 is 0 Å². The van der Waals surface area contributed by atoms with Crippen LogP contribution in [0.4, 0.5) is 0 Å². The Hall–Kier alpha value is -6.15. The Kier molecular flexibility index (Phi) is 12.7. The van der Waals surface area contributed by atoms with Gasteiger partial charge in [0.2, 0.25) is 0 Å².